The van der Waals surface area contributed by atoms with E-state index in [4.69, 9.17) is 18.0 Å². The molecule has 0 saturated carbocycles. The molecule has 2 N–H and O–H groups in total. The van der Waals surface area contributed by atoms with E-state index in [-0.39, 0.29) is 0 Å². The van der Waals surface area contributed by atoms with Crippen molar-refractivity contribution < 1.29 is 0 Å². The monoisotopic (exact) mass is 250 g/mol. The Bertz CT molecular complexity index is 337. The van der Waals surface area contributed by atoms with Gasteiger partial charge in [-0.05, 0) is 25.1 Å². The molecule has 0 aromatic heterocycles. The van der Waals surface area contributed by atoms with Gasteiger partial charge in [-0.2, -0.15) is 0 Å². The summed E-state index contributed by atoms with van der Waals surface area (Å²) in [6.45, 7) is 6.49. The second kappa shape index (κ2) is 7.41. The van der Waals surface area contributed by atoms with Crippen LogP contribution in [0.2, 0.25) is 0 Å². The Labute approximate surface area is 110 Å². The summed E-state index contributed by atoms with van der Waals surface area (Å²) in [5.41, 5.74) is 7.03. The van der Waals surface area contributed by atoms with Gasteiger partial charge in [0.15, 0.2) is 0 Å². The van der Waals surface area contributed by atoms with Crippen molar-refractivity contribution in [1.29, 1.82) is 0 Å². The molecule has 3 heteroatoms. The molecule has 0 amide bonds. The predicted octanol–water partition coefficient (Wildman–Crippen LogP) is 3.14. The number of nitrogens with two attached hydrogens (primary N) is 1. The Kier molecular flexibility index (Phi) is 6.16. The van der Waals surface area contributed by atoms with Gasteiger partial charge >= 0.3 is 0 Å². The minimum atomic E-state index is 0.318. The summed E-state index contributed by atoms with van der Waals surface area (Å²) in [5, 5.41) is 0. The summed E-state index contributed by atoms with van der Waals surface area (Å²) < 4.78 is 0. The van der Waals surface area contributed by atoms with Gasteiger partial charge in [0.05, 0.1) is 4.99 Å². The highest BCUT2D eigenvalue weighted by molar-refractivity contribution is 7.80. The lowest BCUT2D eigenvalue weighted by Crippen LogP contribution is -2.32. The average Bonchev–Trinajstić information content (AvgIpc) is 2.34. The SMILES string of the molecule is CCCN(CC)C(CC(N)=S)c1ccccc1. The lowest BCUT2D eigenvalue weighted by atomic mass is 10.0. The van der Waals surface area contributed by atoms with Crippen LogP contribution in [0.5, 0.6) is 0 Å². The van der Waals surface area contributed by atoms with Crippen LogP contribution in [-0.2, 0) is 0 Å². The van der Waals surface area contributed by atoms with Gasteiger partial charge in [-0.15, -0.1) is 0 Å². The van der Waals surface area contributed by atoms with E-state index in [2.05, 4.69) is 43.0 Å². The largest absolute Gasteiger partial charge is 0.393 e. The number of nitrogens with zero attached hydrogens (tertiary/aromatic N) is 1. The molecule has 1 rings (SSSR count). The van der Waals surface area contributed by atoms with Gasteiger partial charge in [0.2, 0.25) is 0 Å². The smallest absolute Gasteiger partial charge is 0.0746 e. The van der Waals surface area contributed by atoms with Crippen LogP contribution < -0.4 is 5.73 Å². The molecule has 1 atom stereocenters. The van der Waals surface area contributed by atoms with Gasteiger partial charge in [0.25, 0.3) is 0 Å². The summed E-state index contributed by atoms with van der Waals surface area (Å²) in [4.78, 5) is 3.03. The Balaban J connectivity index is 2.89. The van der Waals surface area contributed by atoms with Crippen LogP contribution in [0.3, 0.4) is 0 Å². The Morgan fingerprint density at radius 1 is 1.29 bits per heavy atom. The van der Waals surface area contributed by atoms with Crippen molar-refractivity contribution in [2.75, 3.05) is 13.1 Å². The first-order chi connectivity index (χ1) is 8.19. The van der Waals surface area contributed by atoms with Crippen molar-refractivity contribution in [3.8, 4) is 0 Å². The Morgan fingerprint density at radius 3 is 2.41 bits per heavy atom. The third-order valence-corrected chi connectivity index (χ3v) is 3.10. The van der Waals surface area contributed by atoms with Gasteiger partial charge in [-0.1, -0.05) is 56.4 Å². The molecule has 0 aliphatic rings. The number of thiocarbonyl (C=S) groups is 1. The normalized spacial score (nSPS) is 12.6. The molecular formula is C14H22N2S. The van der Waals surface area contributed by atoms with E-state index in [0.717, 1.165) is 25.9 Å². The van der Waals surface area contributed by atoms with Crippen LogP contribution in [-0.4, -0.2) is 23.0 Å². The molecule has 0 bridgehead atoms. The Hall–Kier alpha value is -0.930. The van der Waals surface area contributed by atoms with Crippen molar-refractivity contribution in [2.45, 2.75) is 32.7 Å². The molecule has 0 fully saturated rings. The number of benzene rings is 1. The zero-order valence-corrected chi connectivity index (χ0v) is 11.5. The third-order valence-electron chi connectivity index (χ3n) is 2.94. The van der Waals surface area contributed by atoms with Crippen LogP contribution in [0.15, 0.2) is 30.3 Å². The maximum Gasteiger partial charge on any atom is 0.0746 e. The maximum absolute atomic E-state index is 5.72. The van der Waals surface area contributed by atoms with Crippen LogP contribution >= 0.6 is 12.2 Å². The zero-order valence-electron chi connectivity index (χ0n) is 10.7. The highest BCUT2D eigenvalue weighted by atomic mass is 32.1. The molecule has 0 spiro atoms. The molecule has 1 aromatic rings. The van der Waals surface area contributed by atoms with E-state index < -0.39 is 0 Å². The summed E-state index contributed by atoms with van der Waals surface area (Å²) in [6, 6.07) is 10.8. The average molecular weight is 250 g/mol. The molecular weight excluding hydrogens is 228 g/mol. The van der Waals surface area contributed by atoms with Crippen LogP contribution in [0.4, 0.5) is 0 Å². The molecule has 17 heavy (non-hydrogen) atoms. The second-order valence-corrected chi connectivity index (χ2v) is 4.75. The van der Waals surface area contributed by atoms with Gasteiger partial charge in [-0.25, -0.2) is 0 Å². The minimum absolute atomic E-state index is 0.318. The van der Waals surface area contributed by atoms with Crippen molar-refractivity contribution in [3.05, 3.63) is 35.9 Å². The Morgan fingerprint density at radius 2 is 1.94 bits per heavy atom. The van der Waals surface area contributed by atoms with Gasteiger partial charge in [0, 0.05) is 12.5 Å². The fourth-order valence-electron chi connectivity index (χ4n) is 2.15. The summed E-state index contributed by atoms with van der Waals surface area (Å²) in [7, 11) is 0. The first-order valence-corrected chi connectivity index (χ1v) is 6.67. The zero-order chi connectivity index (χ0) is 12.7. The summed E-state index contributed by atoms with van der Waals surface area (Å²) >= 11 is 5.07. The summed E-state index contributed by atoms with van der Waals surface area (Å²) in [5.74, 6) is 0. The second-order valence-electron chi connectivity index (χ2n) is 4.23. The van der Waals surface area contributed by atoms with Crippen molar-refractivity contribution >= 4 is 17.2 Å². The van der Waals surface area contributed by atoms with Crippen LogP contribution in [0, 0.1) is 0 Å². The van der Waals surface area contributed by atoms with Crippen molar-refractivity contribution in [2.24, 2.45) is 5.73 Å². The third kappa shape index (κ3) is 4.44. The van der Waals surface area contributed by atoms with E-state index in [1.165, 1.54) is 5.56 Å². The van der Waals surface area contributed by atoms with E-state index in [1.807, 2.05) is 6.07 Å². The lowest BCUT2D eigenvalue weighted by Gasteiger charge is -2.30. The van der Waals surface area contributed by atoms with Crippen LogP contribution in [0.25, 0.3) is 0 Å². The molecule has 1 unspecified atom stereocenters. The van der Waals surface area contributed by atoms with Gasteiger partial charge in [0.1, 0.15) is 0 Å². The fourth-order valence-corrected chi connectivity index (χ4v) is 2.30. The molecule has 94 valence electrons. The fraction of sp³-hybridized carbons (Fsp3) is 0.500. The molecule has 0 aliphatic heterocycles. The van der Waals surface area contributed by atoms with Crippen molar-refractivity contribution in [1.82, 2.24) is 4.90 Å². The van der Waals surface area contributed by atoms with Gasteiger partial charge in [-0.3, -0.25) is 4.90 Å². The molecule has 1 aromatic carbocycles. The summed E-state index contributed by atoms with van der Waals surface area (Å²) in [6.07, 6.45) is 1.90. The first-order valence-electron chi connectivity index (χ1n) is 6.26. The predicted molar refractivity (Wildman–Crippen MR) is 78.1 cm³/mol. The molecule has 0 heterocycles. The number of rotatable bonds is 7. The topological polar surface area (TPSA) is 29.3 Å². The molecule has 0 saturated heterocycles. The van der Waals surface area contributed by atoms with E-state index >= 15 is 0 Å². The quantitative estimate of drug-likeness (QED) is 0.754. The van der Waals surface area contributed by atoms with Gasteiger partial charge < -0.3 is 5.73 Å². The van der Waals surface area contributed by atoms with Crippen LogP contribution in [0.1, 0.15) is 38.3 Å². The highest BCUT2D eigenvalue weighted by Crippen LogP contribution is 2.24. The first kappa shape index (κ1) is 14.1. The van der Waals surface area contributed by atoms with E-state index in [9.17, 15) is 0 Å². The standard InChI is InChI=1S/C14H22N2S/c1-3-10-16(4-2)13(11-14(15)17)12-8-6-5-7-9-12/h5-9,13H,3-4,10-11H2,1-2H3,(H2,15,17). The molecule has 0 radical (unpaired) electrons. The molecule has 2 nitrogen and oxygen atoms in total. The maximum atomic E-state index is 5.72. The molecule has 0 aliphatic carbocycles. The minimum Gasteiger partial charge on any atom is -0.393 e. The highest BCUT2D eigenvalue weighted by Gasteiger charge is 2.18. The number of hydrogen-bond acceptors (Lipinski definition) is 2. The van der Waals surface area contributed by atoms with E-state index in [0.29, 0.717) is 11.0 Å². The van der Waals surface area contributed by atoms with Crippen molar-refractivity contribution in [3.63, 3.8) is 0 Å². The van der Waals surface area contributed by atoms with E-state index in [1.54, 1.807) is 0 Å². The lowest BCUT2D eigenvalue weighted by molar-refractivity contribution is 0.213. The number of hydrogen-bond donors (Lipinski definition) is 1.